The molecule has 3 heteroatoms. The number of hydrogen-bond acceptors (Lipinski definition) is 3. The van der Waals surface area contributed by atoms with Gasteiger partial charge in [0, 0.05) is 24.3 Å². The maximum absolute atomic E-state index is 5.00. The van der Waals surface area contributed by atoms with E-state index in [0.29, 0.717) is 5.88 Å². The standard InChI is InChI=1S/C12H20N2O/c1-5-12(2,3)14-9-10-6-7-11(15-4)13-8-10/h6-8,14H,5,9H2,1-4H3. The Bertz CT molecular complexity index is 293. The van der Waals surface area contributed by atoms with Gasteiger partial charge in [0.25, 0.3) is 0 Å². The first-order valence-corrected chi connectivity index (χ1v) is 5.31. The molecule has 0 saturated heterocycles. The van der Waals surface area contributed by atoms with Crippen molar-refractivity contribution < 1.29 is 4.74 Å². The molecule has 0 saturated carbocycles. The Hall–Kier alpha value is -1.09. The molecule has 0 aliphatic heterocycles. The first kappa shape index (κ1) is 12.0. The Morgan fingerprint density at radius 1 is 1.40 bits per heavy atom. The Morgan fingerprint density at radius 2 is 2.13 bits per heavy atom. The van der Waals surface area contributed by atoms with Crippen molar-refractivity contribution in [3.05, 3.63) is 23.9 Å². The van der Waals surface area contributed by atoms with Crippen LogP contribution in [0.25, 0.3) is 0 Å². The minimum absolute atomic E-state index is 0.180. The van der Waals surface area contributed by atoms with Crippen molar-refractivity contribution in [2.75, 3.05) is 7.11 Å². The van der Waals surface area contributed by atoms with Crippen LogP contribution in [0.15, 0.2) is 18.3 Å². The molecule has 1 heterocycles. The molecule has 0 bridgehead atoms. The molecule has 3 nitrogen and oxygen atoms in total. The van der Waals surface area contributed by atoms with Crippen molar-refractivity contribution in [3.8, 4) is 5.88 Å². The minimum Gasteiger partial charge on any atom is -0.481 e. The van der Waals surface area contributed by atoms with E-state index in [2.05, 4.69) is 31.1 Å². The van der Waals surface area contributed by atoms with Gasteiger partial charge in [-0.05, 0) is 25.8 Å². The van der Waals surface area contributed by atoms with Gasteiger partial charge in [0.15, 0.2) is 0 Å². The maximum Gasteiger partial charge on any atom is 0.212 e. The summed E-state index contributed by atoms with van der Waals surface area (Å²) in [5.41, 5.74) is 1.36. The monoisotopic (exact) mass is 208 g/mol. The molecule has 84 valence electrons. The molecule has 0 unspecified atom stereocenters. The molecule has 15 heavy (non-hydrogen) atoms. The van der Waals surface area contributed by atoms with Crippen molar-refractivity contribution in [1.29, 1.82) is 0 Å². The van der Waals surface area contributed by atoms with Crippen molar-refractivity contribution >= 4 is 0 Å². The third-order valence-electron chi connectivity index (χ3n) is 2.66. The molecule has 0 atom stereocenters. The molecule has 1 aromatic heterocycles. The molecule has 0 aliphatic rings. The van der Waals surface area contributed by atoms with Gasteiger partial charge < -0.3 is 10.1 Å². The van der Waals surface area contributed by atoms with E-state index in [1.807, 2.05) is 18.3 Å². The quantitative estimate of drug-likeness (QED) is 0.806. The van der Waals surface area contributed by atoms with Gasteiger partial charge in [-0.3, -0.25) is 0 Å². The van der Waals surface area contributed by atoms with Gasteiger partial charge in [0.1, 0.15) is 0 Å². The second-order valence-corrected chi connectivity index (χ2v) is 4.30. The van der Waals surface area contributed by atoms with Crippen LogP contribution in [0.4, 0.5) is 0 Å². The lowest BCUT2D eigenvalue weighted by Crippen LogP contribution is -2.37. The van der Waals surface area contributed by atoms with E-state index in [4.69, 9.17) is 4.74 Å². The van der Waals surface area contributed by atoms with Gasteiger partial charge >= 0.3 is 0 Å². The van der Waals surface area contributed by atoms with Crippen LogP contribution in [0.2, 0.25) is 0 Å². The van der Waals surface area contributed by atoms with E-state index in [1.165, 1.54) is 5.56 Å². The summed E-state index contributed by atoms with van der Waals surface area (Å²) in [6, 6.07) is 3.92. The highest BCUT2D eigenvalue weighted by Gasteiger charge is 2.13. The second-order valence-electron chi connectivity index (χ2n) is 4.30. The smallest absolute Gasteiger partial charge is 0.212 e. The Balaban J connectivity index is 2.51. The lowest BCUT2D eigenvalue weighted by molar-refractivity contribution is 0.373. The first-order valence-electron chi connectivity index (χ1n) is 5.31. The Labute approximate surface area is 91.9 Å². The zero-order valence-electron chi connectivity index (χ0n) is 10.0. The van der Waals surface area contributed by atoms with Crippen molar-refractivity contribution in [3.63, 3.8) is 0 Å². The molecule has 0 fully saturated rings. The van der Waals surface area contributed by atoms with Gasteiger partial charge in [-0.2, -0.15) is 0 Å². The average Bonchev–Trinajstić information content (AvgIpc) is 2.27. The highest BCUT2D eigenvalue weighted by Crippen LogP contribution is 2.10. The number of nitrogens with zero attached hydrogens (tertiary/aromatic N) is 1. The largest absolute Gasteiger partial charge is 0.481 e. The van der Waals surface area contributed by atoms with Gasteiger partial charge in [0.05, 0.1) is 7.11 Å². The van der Waals surface area contributed by atoms with Crippen LogP contribution in [-0.4, -0.2) is 17.6 Å². The normalized spacial score (nSPS) is 11.5. The predicted octanol–water partition coefficient (Wildman–Crippen LogP) is 2.37. The topological polar surface area (TPSA) is 34.1 Å². The summed E-state index contributed by atoms with van der Waals surface area (Å²) in [5.74, 6) is 0.661. The van der Waals surface area contributed by atoms with Crippen molar-refractivity contribution in [2.24, 2.45) is 0 Å². The SMILES string of the molecule is CCC(C)(C)NCc1ccc(OC)nc1. The lowest BCUT2D eigenvalue weighted by Gasteiger charge is -2.24. The van der Waals surface area contributed by atoms with Crippen molar-refractivity contribution in [2.45, 2.75) is 39.3 Å². The summed E-state index contributed by atoms with van der Waals surface area (Å²) in [6.45, 7) is 7.42. The maximum atomic E-state index is 5.00. The number of ether oxygens (including phenoxy) is 1. The zero-order chi connectivity index (χ0) is 11.3. The number of methoxy groups -OCH3 is 1. The number of hydrogen-bond donors (Lipinski definition) is 1. The van der Waals surface area contributed by atoms with Crippen LogP contribution in [0.3, 0.4) is 0 Å². The second kappa shape index (κ2) is 5.12. The number of nitrogens with one attached hydrogen (secondary N) is 1. The third kappa shape index (κ3) is 3.88. The Morgan fingerprint density at radius 3 is 2.60 bits per heavy atom. The number of pyridine rings is 1. The van der Waals surface area contributed by atoms with Crippen LogP contribution in [0.5, 0.6) is 5.88 Å². The van der Waals surface area contributed by atoms with E-state index in [0.717, 1.165) is 13.0 Å². The first-order chi connectivity index (χ1) is 7.07. The van der Waals surface area contributed by atoms with Crippen LogP contribution < -0.4 is 10.1 Å². The minimum atomic E-state index is 0.180. The summed E-state index contributed by atoms with van der Waals surface area (Å²) in [6.07, 6.45) is 2.95. The fourth-order valence-corrected chi connectivity index (χ4v) is 1.10. The molecule has 0 radical (unpaired) electrons. The van der Waals surface area contributed by atoms with Crippen LogP contribution in [0, 0.1) is 0 Å². The van der Waals surface area contributed by atoms with Gasteiger partial charge in [-0.25, -0.2) is 4.98 Å². The molecule has 0 aromatic carbocycles. The van der Waals surface area contributed by atoms with Crippen LogP contribution in [0.1, 0.15) is 32.8 Å². The summed E-state index contributed by atoms with van der Waals surface area (Å²) < 4.78 is 5.00. The fraction of sp³-hybridized carbons (Fsp3) is 0.583. The van der Waals surface area contributed by atoms with Crippen LogP contribution >= 0.6 is 0 Å². The number of rotatable bonds is 5. The van der Waals surface area contributed by atoms with E-state index in [-0.39, 0.29) is 5.54 Å². The summed E-state index contributed by atoms with van der Waals surface area (Å²) in [4.78, 5) is 4.16. The van der Waals surface area contributed by atoms with E-state index in [1.54, 1.807) is 7.11 Å². The number of aromatic nitrogens is 1. The molecule has 1 N–H and O–H groups in total. The van der Waals surface area contributed by atoms with Gasteiger partial charge in [-0.1, -0.05) is 13.0 Å². The summed E-state index contributed by atoms with van der Waals surface area (Å²) in [5, 5.41) is 3.48. The van der Waals surface area contributed by atoms with E-state index in [9.17, 15) is 0 Å². The van der Waals surface area contributed by atoms with Crippen molar-refractivity contribution in [1.82, 2.24) is 10.3 Å². The highest BCUT2D eigenvalue weighted by molar-refractivity contribution is 5.17. The molecule has 1 rings (SSSR count). The summed E-state index contributed by atoms with van der Waals surface area (Å²) in [7, 11) is 1.63. The molecular weight excluding hydrogens is 188 g/mol. The van der Waals surface area contributed by atoms with E-state index < -0.39 is 0 Å². The molecular formula is C12H20N2O. The zero-order valence-corrected chi connectivity index (χ0v) is 10.0. The van der Waals surface area contributed by atoms with Gasteiger partial charge in [0.2, 0.25) is 5.88 Å². The molecule has 0 amide bonds. The average molecular weight is 208 g/mol. The Kier molecular flexibility index (Phi) is 4.09. The highest BCUT2D eigenvalue weighted by atomic mass is 16.5. The third-order valence-corrected chi connectivity index (χ3v) is 2.66. The summed E-state index contributed by atoms with van der Waals surface area (Å²) >= 11 is 0. The van der Waals surface area contributed by atoms with Gasteiger partial charge in [-0.15, -0.1) is 0 Å². The predicted molar refractivity (Wildman–Crippen MR) is 62.0 cm³/mol. The molecule has 1 aromatic rings. The lowest BCUT2D eigenvalue weighted by atomic mass is 10.0. The molecule has 0 aliphatic carbocycles. The van der Waals surface area contributed by atoms with Crippen LogP contribution in [-0.2, 0) is 6.54 Å². The fourth-order valence-electron chi connectivity index (χ4n) is 1.10. The van der Waals surface area contributed by atoms with E-state index >= 15 is 0 Å². The molecule has 0 spiro atoms.